The average Bonchev–Trinajstić information content (AvgIpc) is 2.34. The number of nitrogens with one attached hydrogen (secondary N) is 1. The van der Waals surface area contributed by atoms with E-state index in [4.69, 9.17) is 0 Å². The molecular weight excluding hydrogens is 260 g/mol. The van der Waals surface area contributed by atoms with Crippen molar-refractivity contribution < 1.29 is 8.42 Å². The number of hydrogen-bond acceptors (Lipinski definition) is 4. The second-order valence-corrected chi connectivity index (χ2v) is 8.26. The first-order valence-corrected chi connectivity index (χ1v) is 9.58. The average molecular weight is 290 g/mol. The zero-order valence-electron chi connectivity index (χ0n) is 12.7. The Morgan fingerprint density at radius 1 is 1.26 bits per heavy atom. The van der Waals surface area contributed by atoms with Crippen molar-refractivity contribution in [1.82, 2.24) is 10.2 Å². The molecule has 1 aliphatic rings. The third kappa shape index (κ3) is 7.28. The molecule has 2 atom stereocenters. The lowest BCUT2D eigenvalue weighted by Gasteiger charge is -2.35. The summed E-state index contributed by atoms with van der Waals surface area (Å²) in [6.45, 7) is 4.95. The highest BCUT2D eigenvalue weighted by atomic mass is 32.2. The maximum atomic E-state index is 11.2. The Morgan fingerprint density at radius 3 is 2.58 bits per heavy atom. The topological polar surface area (TPSA) is 49.4 Å². The van der Waals surface area contributed by atoms with E-state index >= 15 is 0 Å². The minimum Gasteiger partial charge on any atom is -0.314 e. The summed E-state index contributed by atoms with van der Waals surface area (Å²) in [5.74, 6) is 0.938. The number of nitrogens with zero attached hydrogens (tertiary/aromatic N) is 1. The van der Waals surface area contributed by atoms with Gasteiger partial charge in [0.1, 0.15) is 9.84 Å². The minimum absolute atomic E-state index is 0.267. The van der Waals surface area contributed by atoms with Gasteiger partial charge in [-0.2, -0.15) is 0 Å². The van der Waals surface area contributed by atoms with Gasteiger partial charge in [-0.25, -0.2) is 8.42 Å². The van der Waals surface area contributed by atoms with Crippen LogP contribution >= 0.6 is 0 Å². The Hall–Kier alpha value is -0.130. The van der Waals surface area contributed by atoms with Crippen LogP contribution in [-0.2, 0) is 9.84 Å². The quantitative estimate of drug-likeness (QED) is 0.736. The molecule has 0 aliphatic heterocycles. The van der Waals surface area contributed by atoms with Gasteiger partial charge in [0.05, 0.1) is 5.75 Å². The maximum absolute atomic E-state index is 11.2. The molecule has 0 bridgehead atoms. The van der Waals surface area contributed by atoms with Crippen LogP contribution in [0.25, 0.3) is 0 Å². The van der Waals surface area contributed by atoms with Gasteiger partial charge in [0, 0.05) is 25.4 Å². The molecule has 4 nitrogen and oxygen atoms in total. The molecule has 0 heterocycles. The molecule has 2 unspecified atom stereocenters. The van der Waals surface area contributed by atoms with Crippen molar-refractivity contribution in [3.63, 3.8) is 0 Å². The van der Waals surface area contributed by atoms with Gasteiger partial charge in [-0.1, -0.05) is 19.8 Å². The molecule has 0 saturated heterocycles. The summed E-state index contributed by atoms with van der Waals surface area (Å²) in [6, 6.07) is 0.620. The maximum Gasteiger partial charge on any atom is 0.148 e. The first-order valence-electron chi connectivity index (χ1n) is 7.52. The Bertz CT molecular complexity index is 343. The van der Waals surface area contributed by atoms with Crippen LogP contribution in [0.1, 0.15) is 39.0 Å². The van der Waals surface area contributed by atoms with E-state index in [1.54, 1.807) is 0 Å². The molecule has 0 aromatic heterocycles. The van der Waals surface area contributed by atoms with Crippen LogP contribution in [0.2, 0.25) is 0 Å². The molecule has 0 aromatic rings. The van der Waals surface area contributed by atoms with Crippen LogP contribution in [0.5, 0.6) is 0 Å². The van der Waals surface area contributed by atoms with Crippen LogP contribution < -0.4 is 5.32 Å². The Morgan fingerprint density at radius 2 is 1.95 bits per heavy atom. The van der Waals surface area contributed by atoms with Gasteiger partial charge in [0.15, 0.2) is 0 Å². The molecule has 1 saturated carbocycles. The predicted molar refractivity (Wildman–Crippen MR) is 81.2 cm³/mol. The highest BCUT2D eigenvalue weighted by molar-refractivity contribution is 7.90. The van der Waals surface area contributed by atoms with Crippen LogP contribution in [0.3, 0.4) is 0 Å². The van der Waals surface area contributed by atoms with Crippen molar-refractivity contribution in [1.29, 1.82) is 0 Å². The Labute approximate surface area is 118 Å². The van der Waals surface area contributed by atoms with Gasteiger partial charge in [0.25, 0.3) is 0 Å². The van der Waals surface area contributed by atoms with Crippen LogP contribution in [0.4, 0.5) is 0 Å². The molecule has 0 radical (unpaired) electrons. The standard InChI is InChI=1S/C14H30N2O2S/c1-4-9-15-14-8-6-5-7-13(14)12-16(2)10-11-19(3,17)18/h13-15H,4-12H2,1-3H3. The zero-order valence-corrected chi connectivity index (χ0v) is 13.5. The molecule has 114 valence electrons. The van der Waals surface area contributed by atoms with E-state index in [2.05, 4.69) is 17.1 Å². The molecule has 19 heavy (non-hydrogen) atoms. The summed E-state index contributed by atoms with van der Waals surface area (Å²) in [5, 5.41) is 3.65. The zero-order chi connectivity index (χ0) is 14.3. The van der Waals surface area contributed by atoms with Crippen molar-refractivity contribution in [2.24, 2.45) is 5.92 Å². The van der Waals surface area contributed by atoms with Crippen molar-refractivity contribution in [3.05, 3.63) is 0 Å². The molecule has 5 heteroatoms. The van der Waals surface area contributed by atoms with Crippen molar-refractivity contribution >= 4 is 9.84 Å². The third-order valence-corrected chi connectivity index (χ3v) is 4.88. The summed E-state index contributed by atoms with van der Waals surface area (Å²) in [7, 11) is -0.807. The van der Waals surface area contributed by atoms with Gasteiger partial charge < -0.3 is 10.2 Å². The van der Waals surface area contributed by atoms with Crippen LogP contribution in [0.15, 0.2) is 0 Å². The normalized spacial score (nSPS) is 24.8. The van der Waals surface area contributed by atoms with Gasteiger partial charge >= 0.3 is 0 Å². The highest BCUT2D eigenvalue weighted by Crippen LogP contribution is 2.25. The van der Waals surface area contributed by atoms with E-state index < -0.39 is 9.84 Å². The number of rotatable bonds is 8. The largest absolute Gasteiger partial charge is 0.314 e. The van der Waals surface area contributed by atoms with E-state index in [0.29, 0.717) is 18.5 Å². The van der Waals surface area contributed by atoms with Crippen molar-refractivity contribution in [3.8, 4) is 0 Å². The van der Waals surface area contributed by atoms with E-state index in [1.807, 2.05) is 7.05 Å². The first kappa shape index (κ1) is 16.9. The van der Waals surface area contributed by atoms with Gasteiger partial charge in [-0.3, -0.25) is 0 Å². The van der Waals surface area contributed by atoms with E-state index in [-0.39, 0.29) is 5.75 Å². The minimum atomic E-state index is -2.84. The summed E-state index contributed by atoms with van der Waals surface area (Å²) in [6.07, 6.45) is 7.66. The fourth-order valence-electron chi connectivity index (χ4n) is 2.84. The number of sulfone groups is 1. The molecular formula is C14H30N2O2S. The van der Waals surface area contributed by atoms with Gasteiger partial charge in [0.2, 0.25) is 0 Å². The summed E-state index contributed by atoms with van der Waals surface area (Å²) in [5.41, 5.74) is 0. The smallest absolute Gasteiger partial charge is 0.148 e. The highest BCUT2D eigenvalue weighted by Gasteiger charge is 2.25. The molecule has 0 spiro atoms. The number of hydrogen-bond donors (Lipinski definition) is 1. The summed E-state index contributed by atoms with van der Waals surface area (Å²) < 4.78 is 22.4. The fourth-order valence-corrected chi connectivity index (χ4v) is 3.48. The lowest BCUT2D eigenvalue weighted by Crippen LogP contribution is -2.44. The van der Waals surface area contributed by atoms with E-state index in [1.165, 1.54) is 38.4 Å². The van der Waals surface area contributed by atoms with Crippen molar-refractivity contribution in [2.45, 2.75) is 45.1 Å². The molecule has 1 N–H and O–H groups in total. The second kappa shape index (κ2) is 8.22. The molecule has 1 rings (SSSR count). The fraction of sp³-hybridized carbons (Fsp3) is 1.00. The van der Waals surface area contributed by atoms with E-state index in [9.17, 15) is 8.42 Å². The second-order valence-electron chi connectivity index (χ2n) is 6.00. The SMILES string of the molecule is CCCNC1CCCCC1CN(C)CCS(C)(=O)=O. The van der Waals surface area contributed by atoms with E-state index in [0.717, 1.165) is 13.1 Å². The van der Waals surface area contributed by atoms with Crippen molar-refractivity contribution in [2.75, 3.05) is 38.7 Å². The van der Waals surface area contributed by atoms with Gasteiger partial charge in [-0.15, -0.1) is 0 Å². The lowest BCUT2D eigenvalue weighted by molar-refractivity contribution is 0.194. The Kier molecular flexibility index (Phi) is 7.32. The lowest BCUT2D eigenvalue weighted by atomic mass is 9.84. The third-order valence-electron chi connectivity index (χ3n) is 3.96. The molecule has 1 aliphatic carbocycles. The predicted octanol–water partition coefficient (Wildman–Crippen LogP) is 1.52. The monoisotopic (exact) mass is 290 g/mol. The van der Waals surface area contributed by atoms with Crippen LogP contribution in [-0.4, -0.2) is 58.1 Å². The molecule has 0 amide bonds. The Balaban J connectivity index is 2.38. The molecule has 0 aromatic carbocycles. The summed E-state index contributed by atoms with van der Waals surface area (Å²) >= 11 is 0. The van der Waals surface area contributed by atoms with Crippen LogP contribution in [0, 0.1) is 5.92 Å². The first-order chi connectivity index (χ1) is 8.92. The summed E-state index contributed by atoms with van der Waals surface area (Å²) in [4.78, 5) is 2.18. The van der Waals surface area contributed by atoms with Gasteiger partial charge in [-0.05, 0) is 38.8 Å². The molecule has 1 fully saturated rings.